The standard InChI is InChI=1S/C13H21NO3/c1-3-9-14(10-12(15)17-4-2)13(16)11-7-5-6-8-11/h3,11H,1,4-10H2,2H3. The fourth-order valence-electron chi connectivity index (χ4n) is 2.18. The van der Waals surface area contributed by atoms with Crippen molar-refractivity contribution in [2.24, 2.45) is 5.92 Å². The number of rotatable bonds is 6. The Morgan fingerprint density at radius 1 is 1.41 bits per heavy atom. The van der Waals surface area contributed by atoms with Crippen LogP contribution in [0.3, 0.4) is 0 Å². The quantitative estimate of drug-likeness (QED) is 0.524. The summed E-state index contributed by atoms with van der Waals surface area (Å²) < 4.78 is 4.86. The predicted octanol–water partition coefficient (Wildman–Crippen LogP) is 1.75. The molecule has 17 heavy (non-hydrogen) atoms. The highest BCUT2D eigenvalue weighted by Crippen LogP contribution is 2.26. The van der Waals surface area contributed by atoms with Crippen molar-refractivity contribution >= 4 is 11.9 Å². The van der Waals surface area contributed by atoms with E-state index in [0.717, 1.165) is 25.7 Å². The molecule has 0 radical (unpaired) electrons. The Morgan fingerprint density at radius 2 is 2.06 bits per heavy atom. The van der Waals surface area contributed by atoms with Gasteiger partial charge in [0.05, 0.1) is 6.61 Å². The van der Waals surface area contributed by atoms with Crippen molar-refractivity contribution in [3.8, 4) is 0 Å². The van der Waals surface area contributed by atoms with Gasteiger partial charge in [-0.1, -0.05) is 18.9 Å². The maximum absolute atomic E-state index is 12.1. The zero-order valence-electron chi connectivity index (χ0n) is 10.5. The van der Waals surface area contributed by atoms with E-state index in [4.69, 9.17) is 4.74 Å². The van der Waals surface area contributed by atoms with Crippen molar-refractivity contribution in [3.63, 3.8) is 0 Å². The number of amides is 1. The van der Waals surface area contributed by atoms with Crippen LogP contribution in [0.2, 0.25) is 0 Å². The van der Waals surface area contributed by atoms with Crippen LogP contribution in [0.5, 0.6) is 0 Å². The lowest BCUT2D eigenvalue weighted by atomic mass is 10.1. The monoisotopic (exact) mass is 239 g/mol. The van der Waals surface area contributed by atoms with E-state index in [1.54, 1.807) is 17.9 Å². The van der Waals surface area contributed by atoms with E-state index >= 15 is 0 Å². The number of ether oxygens (including phenoxy) is 1. The molecule has 96 valence electrons. The molecule has 0 saturated heterocycles. The molecule has 1 rings (SSSR count). The molecule has 0 atom stereocenters. The van der Waals surface area contributed by atoms with Crippen LogP contribution in [0.25, 0.3) is 0 Å². The third-order valence-corrected chi connectivity index (χ3v) is 2.99. The molecule has 1 fully saturated rings. The highest BCUT2D eigenvalue weighted by Gasteiger charge is 2.27. The first-order valence-corrected chi connectivity index (χ1v) is 6.24. The van der Waals surface area contributed by atoms with Gasteiger partial charge >= 0.3 is 5.97 Å². The molecular weight excluding hydrogens is 218 g/mol. The molecule has 0 heterocycles. The SMILES string of the molecule is C=CCN(CC(=O)OCC)C(=O)C1CCCC1. The molecular formula is C13H21NO3. The summed E-state index contributed by atoms with van der Waals surface area (Å²) in [7, 11) is 0. The smallest absolute Gasteiger partial charge is 0.325 e. The van der Waals surface area contributed by atoms with Crippen LogP contribution in [-0.4, -0.2) is 36.5 Å². The van der Waals surface area contributed by atoms with Crippen LogP contribution in [-0.2, 0) is 14.3 Å². The van der Waals surface area contributed by atoms with Crippen molar-refractivity contribution in [1.82, 2.24) is 4.90 Å². The molecule has 0 unspecified atom stereocenters. The molecule has 1 saturated carbocycles. The summed E-state index contributed by atoms with van der Waals surface area (Å²) >= 11 is 0. The summed E-state index contributed by atoms with van der Waals surface area (Å²) in [5.74, 6) is -0.194. The van der Waals surface area contributed by atoms with Crippen LogP contribution >= 0.6 is 0 Å². The predicted molar refractivity (Wildman–Crippen MR) is 65.4 cm³/mol. The Hall–Kier alpha value is -1.32. The van der Waals surface area contributed by atoms with Gasteiger partial charge in [0.15, 0.2) is 0 Å². The minimum absolute atomic E-state index is 0.0369. The van der Waals surface area contributed by atoms with E-state index < -0.39 is 0 Å². The van der Waals surface area contributed by atoms with Crippen LogP contribution in [0.4, 0.5) is 0 Å². The first-order valence-electron chi connectivity index (χ1n) is 6.24. The second-order valence-electron chi connectivity index (χ2n) is 4.29. The van der Waals surface area contributed by atoms with E-state index in [1.165, 1.54) is 0 Å². The Kier molecular flexibility index (Phi) is 5.73. The summed E-state index contributed by atoms with van der Waals surface area (Å²) in [5.41, 5.74) is 0. The van der Waals surface area contributed by atoms with Crippen molar-refractivity contribution in [1.29, 1.82) is 0 Å². The molecule has 0 aromatic carbocycles. The molecule has 0 aromatic heterocycles. The summed E-state index contributed by atoms with van der Waals surface area (Å²) in [6.07, 6.45) is 5.74. The average molecular weight is 239 g/mol. The fraction of sp³-hybridized carbons (Fsp3) is 0.692. The number of nitrogens with zero attached hydrogens (tertiary/aromatic N) is 1. The lowest BCUT2D eigenvalue weighted by molar-refractivity contribution is -0.149. The normalized spacial score (nSPS) is 15.6. The average Bonchev–Trinajstić information content (AvgIpc) is 2.81. The first kappa shape index (κ1) is 13.7. The summed E-state index contributed by atoms with van der Waals surface area (Å²) in [6.45, 7) is 6.17. The zero-order chi connectivity index (χ0) is 12.7. The highest BCUT2D eigenvalue weighted by molar-refractivity contribution is 5.84. The molecule has 4 nitrogen and oxygen atoms in total. The molecule has 0 bridgehead atoms. The Morgan fingerprint density at radius 3 is 2.59 bits per heavy atom. The van der Waals surface area contributed by atoms with Crippen molar-refractivity contribution < 1.29 is 14.3 Å². The molecule has 0 N–H and O–H groups in total. The molecule has 0 aliphatic heterocycles. The Balaban J connectivity index is 2.54. The second kappa shape index (κ2) is 7.09. The summed E-state index contributed by atoms with van der Waals surface area (Å²) in [5, 5.41) is 0. The van der Waals surface area contributed by atoms with Gasteiger partial charge in [-0.05, 0) is 19.8 Å². The van der Waals surface area contributed by atoms with Gasteiger partial charge in [0.25, 0.3) is 0 Å². The van der Waals surface area contributed by atoms with Crippen LogP contribution in [0, 0.1) is 5.92 Å². The van der Waals surface area contributed by atoms with Crippen molar-refractivity contribution in [2.75, 3.05) is 19.7 Å². The molecule has 1 amide bonds. The van der Waals surface area contributed by atoms with Gasteiger partial charge in [-0.2, -0.15) is 0 Å². The van der Waals surface area contributed by atoms with E-state index in [1.807, 2.05) is 0 Å². The van der Waals surface area contributed by atoms with Gasteiger partial charge in [-0.15, -0.1) is 6.58 Å². The van der Waals surface area contributed by atoms with Crippen LogP contribution in [0.15, 0.2) is 12.7 Å². The molecule has 1 aliphatic rings. The molecule has 0 spiro atoms. The third kappa shape index (κ3) is 4.21. The minimum Gasteiger partial charge on any atom is -0.465 e. The molecule has 4 heteroatoms. The van der Waals surface area contributed by atoms with Crippen molar-refractivity contribution in [2.45, 2.75) is 32.6 Å². The summed E-state index contributed by atoms with van der Waals surface area (Å²) in [6, 6.07) is 0. The number of carbonyl (C=O) groups excluding carboxylic acids is 2. The van der Waals surface area contributed by atoms with E-state index in [2.05, 4.69) is 6.58 Å². The van der Waals surface area contributed by atoms with Gasteiger partial charge < -0.3 is 9.64 Å². The lowest BCUT2D eigenvalue weighted by Gasteiger charge is -2.23. The van der Waals surface area contributed by atoms with E-state index in [9.17, 15) is 9.59 Å². The maximum atomic E-state index is 12.1. The van der Waals surface area contributed by atoms with Gasteiger partial charge in [0.1, 0.15) is 6.54 Å². The Labute approximate surface area is 103 Å². The van der Waals surface area contributed by atoms with Crippen molar-refractivity contribution in [3.05, 3.63) is 12.7 Å². The van der Waals surface area contributed by atoms with Gasteiger partial charge in [0, 0.05) is 12.5 Å². The van der Waals surface area contributed by atoms with Gasteiger partial charge in [-0.3, -0.25) is 9.59 Å². The minimum atomic E-state index is -0.347. The fourth-order valence-corrected chi connectivity index (χ4v) is 2.18. The number of hydrogen-bond acceptors (Lipinski definition) is 3. The Bertz CT molecular complexity index is 282. The third-order valence-electron chi connectivity index (χ3n) is 2.99. The van der Waals surface area contributed by atoms with Gasteiger partial charge in [-0.25, -0.2) is 0 Å². The second-order valence-corrected chi connectivity index (χ2v) is 4.29. The number of esters is 1. The number of carbonyl (C=O) groups is 2. The van der Waals surface area contributed by atoms with Crippen LogP contribution < -0.4 is 0 Å². The summed E-state index contributed by atoms with van der Waals surface area (Å²) in [4.78, 5) is 25.1. The van der Waals surface area contributed by atoms with Gasteiger partial charge in [0.2, 0.25) is 5.91 Å². The molecule has 1 aliphatic carbocycles. The largest absolute Gasteiger partial charge is 0.465 e. The lowest BCUT2D eigenvalue weighted by Crippen LogP contribution is -2.39. The first-order chi connectivity index (χ1) is 8.19. The van der Waals surface area contributed by atoms with E-state index in [0.29, 0.717) is 13.2 Å². The maximum Gasteiger partial charge on any atom is 0.325 e. The topological polar surface area (TPSA) is 46.6 Å². The molecule has 0 aromatic rings. The van der Waals surface area contributed by atoms with E-state index in [-0.39, 0.29) is 24.3 Å². The zero-order valence-corrected chi connectivity index (χ0v) is 10.5. The highest BCUT2D eigenvalue weighted by atomic mass is 16.5. The number of hydrogen-bond donors (Lipinski definition) is 0. The van der Waals surface area contributed by atoms with Crippen LogP contribution in [0.1, 0.15) is 32.6 Å².